The number of hydrogen-bond acceptors (Lipinski definition) is 4. The van der Waals surface area contributed by atoms with Crippen molar-refractivity contribution < 1.29 is 18.8 Å². The lowest BCUT2D eigenvalue weighted by Crippen LogP contribution is -2.38. The van der Waals surface area contributed by atoms with Gasteiger partial charge in [-0.05, 0) is 36.6 Å². The summed E-state index contributed by atoms with van der Waals surface area (Å²) in [5.41, 5.74) is 0.553. The van der Waals surface area contributed by atoms with E-state index < -0.39 is 11.8 Å². The van der Waals surface area contributed by atoms with Crippen LogP contribution < -0.4 is 16.0 Å². The number of amides is 3. The highest BCUT2D eigenvalue weighted by atomic mass is 16.3. The van der Waals surface area contributed by atoms with Crippen LogP contribution >= 0.6 is 0 Å². The lowest BCUT2D eigenvalue weighted by atomic mass is 9.99. The Labute approximate surface area is 171 Å². The largest absolute Gasteiger partial charge is 0.467 e. The summed E-state index contributed by atoms with van der Waals surface area (Å²) < 4.78 is 5.19. The molecule has 1 heterocycles. The van der Waals surface area contributed by atoms with Crippen molar-refractivity contribution >= 4 is 23.4 Å². The molecule has 7 heteroatoms. The van der Waals surface area contributed by atoms with Crippen molar-refractivity contribution in [3.05, 3.63) is 54.0 Å². The predicted molar refractivity (Wildman–Crippen MR) is 111 cm³/mol. The Morgan fingerprint density at radius 2 is 1.79 bits per heavy atom. The van der Waals surface area contributed by atoms with Crippen molar-refractivity contribution in [3.63, 3.8) is 0 Å². The summed E-state index contributed by atoms with van der Waals surface area (Å²) in [5, 5.41) is 7.95. The normalized spacial score (nSPS) is 11.5. The Morgan fingerprint density at radius 1 is 1.00 bits per heavy atom. The Hall–Kier alpha value is -3.09. The molecule has 29 heavy (non-hydrogen) atoms. The van der Waals surface area contributed by atoms with Crippen LogP contribution in [-0.2, 0) is 16.1 Å². The van der Waals surface area contributed by atoms with Gasteiger partial charge >= 0.3 is 11.8 Å². The molecule has 1 atom stereocenters. The Bertz CT molecular complexity index is 802. The van der Waals surface area contributed by atoms with Crippen LogP contribution in [0.15, 0.2) is 47.1 Å². The third-order valence-electron chi connectivity index (χ3n) is 4.72. The highest BCUT2D eigenvalue weighted by Gasteiger charge is 2.18. The number of benzene rings is 1. The van der Waals surface area contributed by atoms with E-state index in [1.807, 2.05) is 0 Å². The van der Waals surface area contributed by atoms with Gasteiger partial charge in [-0.25, -0.2) is 0 Å². The summed E-state index contributed by atoms with van der Waals surface area (Å²) >= 11 is 0. The first-order chi connectivity index (χ1) is 14.0. The minimum absolute atomic E-state index is 0.227. The molecule has 3 N–H and O–H groups in total. The monoisotopic (exact) mass is 399 g/mol. The minimum Gasteiger partial charge on any atom is -0.467 e. The highest BCUT2D eigenvalue weighted by molar-refractivity contribution is 6.40. The maximum Gasteiger partial charge on any atom is 0.313 e. The van der Waals surface area contributed by atoms with Crippen LogP contribution in [0.1, 0.15) is 55.6 Å². The first kappa shape index (κ1) is 22.2. The molecule has 0 aliphatic carbocycles. The molecule has 2 aromatic rings. The molecule has 0 saturated heterocycles. The molecule has 0 saturated carbocycles. The number of unbranched alkanes of at least 4 members (excludes halogenated alkanes) is 1. The maximum absolute atomic E-state index is 12.5. The molecule has 1 aromatic carbocycles. The Kier molecular flexibility index (Phi) is 8.95. The third-order valence-corrected chi connectivity index (χ3v) is 4.72. The van der Waals surface area contributed by atoms with E-state index in [1.165, 1.54) is 6.26 Å². The van der Waals surface area contributed by atoms with Crippen molar-refractivity contribution in [1.29, 1.82) is 0 Å². The lowest BCUT2D eigenvalue weighted by molar-refractivity contribution is -0.136. The van der Waals surface area contributed by atoms with Gasteiger partial charge in [-0.2, -0.15) is 0 Å². The van der Waals surface area contributed by atoms with Gasteiger partial charge in [0.1, 0.15) is 5.76 Å². The third kappa shape index (κ3) is 7.10. The van der Waals surface area contributed by atoms with Crippen molar-refractivity contribution in [1.82, 2.24) is 10.6 Å². The Balaban J connectivity index is 1.92. The lowest BCUT2D eigenvalue weighted by Gasteiger charge is -2.15. The van der Waals surface area contributed by atoms with Gasteiger partial charge < -0.3 is 20.4 Å². The molecule has 0 aliphatic rings. The quantitative estimate of drug-likeness (QED) is 0.533. The van der Waals surface area contributed by atoms with E-state index in [-0.39, 0.29) is 23.7 Å². The number of nitrogens with one attached hydrogen (secondary N) is 3. The average Bonchev–Trinajstić information content (AvgIpc) is 3.26. The van der Waals surface area contributed by atoms with Crippen molar-refractivity contribution in [2.24, 2.45) is 5.92 Å². The smallest absolute Gasteiger partial charge is 0.313 e. The van der Waals surface area contributed by atoms with E-state index in [1.54, 1.807) is 36.4 Å². The minimum atomic E-state index is -0.790. The van der Waals surface area contributed by atoms with Gasteiger partial charge in [0.2, 0.25) is 0 Å². The molecule has 0 fully saturated rings. The van der Waals surface area contributed by atoms with Gasteiger partial charge in [0, 0.05) is 6.54 Å². The first-order valence-electron chi connectivity index (χ1n) is 10.0. The molecule has 0 bridgehead atoms. The van der Waals surface area contributed by atoms with E-state index >= 15 is 0 Å². The van der Waals surface area contributed by atoms with E-state index in [2.05, 4.69) is 29.8 Å². The van der Waals surface area contributed by atoms with E-state index in [9.17, 15) is 14.4 Å². The molecule has 3 amide bonds. The molecule has 0 unspecified atom stereocenters. The molecular formula is C22H29N3O4. The molecule has 0 spiro atoms. The van der Waals surface area contributed by atoms with Crippen molar-refractivity contribution in [2.75, 3.05) is 11.9 Å². The van der Waals surface area contributed by atoms with Crippen LogP contribution in [0.4, 0.5) is 5.69 Å². The zero-order valence-corrected chi connectivity index (χ0v) is 17.0. The Morgan fingerprint density at radius 3 is 2.48 bits per heavy atom. The van der Waals surface area contributed by atoms with Gasteiger partial charge in [0.05, 0.1) is 24.1 Å². The summed E-state index contributed by atoms with van der Waals surface area (Å²) in [6.45, 7) is 4.89. The van der Waals surface area contributed by atoms with Gasteiger partial charge in [-0.15, -0.1) is 0 Å². The van der Waals surface area contributed by atoms with Gasteiger partial charge in [-0.3, -0.25) is 14.4 Å². The summed E-state index contributed by atoms with van der Waals surface area (Å²) in [5.74, 6) is -0.894. The zero-order valence-electron chi connectivity index (χ0n) is 17.0. The number of para-hydroxylation sites is 1. The predicted octanol–water partition coefficient (Wildman–Crippen LogP) is 3.48. The highest BCUT2D eigenvalue weighted by Crippen LogP contribution is 2.15. The van der Waals surface area contributed by atoms with Crippen LogP contribution in [0.25, 0.3) is 0 Å². The SMILES string of the molecule is CCCC[C@@H](CC)CNC(=O)C(=O)Nc1ccccc1C(=O)NCc1ccco1. The van der Waals surface area contributed by atoms with E-state index in [0.717, 1.165) is 25.7 Å². The summed E-state index contributed by atoms with van der Waals surface area (Å²) in [7, 11) is 0. The van der Waals surface area contributed by atoms with Gasteiger partial charge in [-0.1, -0.05) is 45.2 Å². The number of rotatable bonds is 10. The van der Waals surface area contributed by atoms with Crippen molar-refractivity contribution in [3.8, 4) is 0 Å². The maximum atomic E-state index is 12.5. The number of anilines is 1. The van der Waals surface area contributed by atoms with E-state index in [0.29, 0.717) is 18.2 Å². The van der Waals surface area contributed by atoms with Crippen LogP contribution in [0, 0.1) is 5.92 Å². The first-order valence-corrected chi connectivity index (χ1v) is 10.0. The molecular weight excluding hydrogens is 370 g/mol. The molecule has 7 nitrogen and oxygen atoms in total. The summed E-state index contributed by atoms with van der Waals surface area (Å²) in [4.78, 5) is 36.9. The molecule has 156 valence electrons. The second-order valence-corrected chi connectivity index (χ2v) is 6.89. The molecule has 0 aliphatic heterocycles. The van der Waals surface area contributed by atoms with Crippen LogP contribution in [0.3, 0.4) is 0 Å². The number of carbonyl (C=O) groups is 3. The average molecular weight is 399 g/mol. The van der Waals surface area contributed by atoms with Gasteiger partial charge in [0.25, 0.3) is 5.91 Å². The van der Waals surface area contributed by atoms with E-state index in [4.69, 9.17) is 4.42 Å². The molecule has 0 radical (unpaired) electrons. The van der Waals surface area contributed by atoms with Gasteiger partial charge in [0.15, 0.2) is 0 Å². The van der Waals surface area contributed by atoms with Crippen molar-refractivity contribution in [2.45, 2.75) is 46.1 Å². The zero-order chi connectivity index (χ0) is 21.1. The fourth-order valence-corrected chi connectivity index (χ4v) is 2.91. The fraction of sp³-hybridized carbons (Fsp3) is 0.409. The summed E-state index contributed by atoms with van der Waals surface area (Å²) in [6.07, 6.45) is 5.69. The topological polar surface area (TPSA) is 100 Å². The summed E-state index contributed by atoms with van der Waals surface area (Å²) in [6, 6.07) is 10.0. The molecule has 1 aromatic heterocycles. The van der Waals surface area contributed by atoms with Crippen LogP contribution in [0.5, 0.6) is 0 Å². The number of furan rings is 1. The molecule has 2 rings (SSSR count). The van der Waals surface area contributed by atoms with Crippen LogP contribution in [-0.4, -0.2) is 24.3 Å². The standard InChI is InChI=1S/C22H29N3O4/c1-3-5-9-16(4-2)14-23-21(27)22(28)25-19-12-7-6-11-18(19)20(26)24-15-17-10-8-13-29-17/h6-8,10-13,16H,3-5,9,14-15H2,1-2H3,(H,23,27)(H,24,26)(H,25,28)/t16-/m1/s1. The number of carbonyl (C=O) groups excluding carboxylic acids is 3. The second-order valence-electron chi connectivity index (χ2n) is 6.89. The number of hydrogen-bond donors (Lipinski definition) is 3. The fourth-order valence-electron chi connectivity index (χ4n) is 2.91. The second kappa shape index (κ2) is 11.7. The van der Waals surface area contributed by atoms with Crippen LogP contribution in [0.2, 0.25) is 0 Å².